The number of hydrogen-bond acceptors (Lipinski definition) is 4. The molecule has 0 amide bonds. The highest BCUT2D eigenvalue weighted by Gasteiger charge is 2.05. The molecule has 0 saturated carbocycles. The molecular formula is C17H19NO3. The third-order valence-corrected chi connectivity index (χ3v) is 2.99. The maximum Gasteiger partial charge on any atom is 0.338 e. The summed E-state index contributed by atoms with van der Waals surface area (Å²) in [6.45, 7) is 3.06. The molecule has 0 aliphatic carbocycles. The molecular weight excluding hydrogens is 266 g/mol. The molecule has 110 valence electrons. The molecule has 2 aromatic carbocycles. The van der Waals surface area contributed by atoms with E-state index in [1.807, 2.05) is 31.2 Å². The van der Waals surface area contributed by atoms with Crippen LogP contribution in [0, 0.1) is 0 Å². The van der Waals surface area contributed by atoms with Gasteiger partial charge in [-0.05, 0) is 48.4 Å². The first-order chi connectivity index (χ1) is 10.2. The highest BCUT2D eigenvalue weighted by Crippen LogP contribution is 2.14. The quantitative estimate of drug-likeness (QED) is 0.797. The lowest BCUT2D eigenvalue weighted by atomic mass is 10.2. The molecule has 0 saturated heterocycles. The minimum atomic E-state index is -0.290. The van der Waals surface area contributed by atoms with Crippen molar-refractivity contribution in [1.29, 1.82) is 0 Å². The Labute approximate surface area is 124 Å². The van der Waals surface area contributed by atoms with Crippen molar-refractivity contribution in [2.24, 2.45) is 0 Å². The van der Waals surface area contributed by atoms with Crippen LogP contribution in [-0.4, -0.2) is 17.7 Å². The summed E-state index contributed by atoms with van der Waals surface area (Å²) in [6, 6.07) is 14.2. The predicted molar refractivity (Wildman–Crippen MR) is 82.4 cm³/mol. The SMILES string of the molecule is CCCOC(=O)c1ccc(NCc2ccc(O)cc2)cc1. The highest BCUT2D eigenvalue weighted by atomic mass is 16.5. The van der Waals surface area contributed by atoms with Crippen LogP contribution in [0.5, 0.6) is 5.75 Å². The fourth-order valence-electron chi connectivity index (χ4n) is 1.82. The Hall–Kier alpha value is -2.49. The smallest absolute Gasteiger partial charge is 0.338 e. The summed E-state index contributed by atoms with van der Waals surface area (Å²) in [4.78, 5) is 11.7. The van der Waals surface area contributed by atoms with Crippen LogP contribution < -0.4 is 5.32 Å². The number of anilines is 1. The summed E-state index contributed by atoms with van der Waals surface area (Å²) in [6.07, 6.45) is 0.817. The molecule has 2 N–H and O–H groups in total. The van der Waals surface area contributed by atoms with Crippen molar-refractivity contribution in [3.05, 3.63) is 59.7 Å². The maximum atomic E-state index is 11.7. The van der Waals surface area contributed by atoms with Crippen LogP contribution in [0.2, 0.25) is 0 Å². The zero-order chi connectivity index (χ0) is 15.1. The van der Waals surface area contributed by atoms with E-state index in [1.54, 1.807) is 24.3 Å². The number of aromatic hydroxyl groups is 1. The number of ether oxygens (including phenoxy) is 1. The molecule has 0 bridgehead atoms. The second-order valence-corrected chi connectivity index (χ2v) is 4.73. The van der Waals surface area contributed by atoms with Gasteiger partial charge >= 0.3 is 5.97 Å². The molecule has 0 aliphatic heterocycles. The van der Waals surface area contributed by atoms with Crippen molar-refractivity contribution in [3.8, 4) is 5.75 Å². The zero-order valence-electron chi connectivity index (χ0n) is 12.0. The van der Waals surface area contributed by atoms with Crippen LogP contribution in [0.1, 0.15) is 29.3 Å². The van der Waals surface area contributed by atoms with Crippen molar-refractivity contribution in [2.45, 2.75) is 19.9 Å². The first-order valence-electron chi connectivity index (χ1n) is 6.98. The number of benzene rings is 2. The highest BCUT2D eigenvalue weighted by molar-refractivity contribution is 5.89. The lowest BCUT2D eigenvalue weighted by molar-refractivity contribution is 0.0505. The van der Waals surface area contributed by atoms with Gasteiger partial charge in [0.2, 0.25) is 0 Å². The van der Waals surface area contributed by atoms with E-state index in [0.717, 1.165) is 17.7 Å². The van der Waals surface area contributed by atoms with E-state index in [2.05, 4.69) is 5.32 Å². The number of esters is 1. The van der Waals surface area contributed by atoms with Gasteiger partial charge in [0.05, 0.1) is 12.2 Å². The number of carbonyl (C=O) groups excluding carboxylic acids is 1. The standard InChI is InChI=1S/C17H19NO3/c1-2-11-21-17(20)14-5-7-15(8-6-14)18-12-13-3-9-16(19)10-4-13/h3-10,18-19H,2,11-12H2,1H3. The minimum absolute atomic E-state index is 0.258. The third-order valence-electron chi connectivity index (χ3n) is 2.99. The second kappa shape index (κ2) is 7.33. The molecule has 0 spiro atoms. The monoisotopic (exact) mass is 285 g/mol. The van der Waals surface area contributed by atoms with Gasteiger partial charge in [-0.1, -0.05) is 19.1 Å². The molecule has 4 nitrogen and oxygen atoms in total. The van der Waals surface area contributed by atoms with E-state index in [4.69, 9.17) is 4.74 Å². The Morgan fingerprint density at radius 3 is 2.38 bits per heavy atom. The van der Waals surface area contributed by atoms with Gasteiger partial charge in [0.25, 0.3) is 0 Å². The molecule has 2 aromatic rings. The number of nitrogens with one attached hydrogen (secondary N) is 1. The summed E-state index contributed by atoms with van der Waals surface area (Å²) in [5, 5.41) is 12.5. The van der Waals surface area contributed by atoms with Crippen molar-refractivity contribution in [1.82, 2.24) is 0 Å². The number of rotatable bonds is 6. The van der Waals surface area contributed by atoms with Crippen LogP contribution in [0.3, 0.4) is 0 Å². The molecule has 0 unspecified atom stereocenters. The Morgan fingerprint density at radius 1 is 1.10 bits per heavy atom. The van der Waals surface area contributed by atoms with Gasteiger partial charge in [0.1, 0.15) is 5.75 Å². The fourth-order valence-corrected chi connectivity index (χ4v) is 1.82. The predicted octanol–water partition coefficient (Wildman–Crippen LogP) is 3.57. The van der Waals surface area contributed by atoms with Crippen LogP contribution in [0.25, 0.3) is 0 Å². The third kappa shape index (κ3) is 4.53. The molecule has 0 aliphatic rings. The number of hydrogen-bond donors (Lipinski definition) is 2. The van der Waals surface area contributed by atoms with Crippen LogP contribution >= 0.6 is 0 Å². The summed E-state index contributed by atoms with van der Waals surface area (Å²) < 4.78 is 5.07. The molecule has 0 aromatic heterocycles. The minimum Gasteiger partial charge on any atom is -0.508 e. The molecule has 0 atom stereocenters. The summed E-state index contributed by atoms with van der Waals surface area (Å²) in [7, 11) is 0. The number of phenols is 1. The summed E-state index contributed by atoms with van der Waals surface area (Å²) >= 11 is 0. The maximum absolute atomic E-state index is 11.7. The number of carbonyl (C=O) groups is 1. The Morgan fingerprint density at radius 2 is 1.76 bits per heavy atom. The largest absolute Gasteiger partial charge is 0.508 e. The molecule has 0 heterocycles. The van der Waals surface area contributed by atoms with Gasteiger partial charge in [0.15, 0.2) is 0 Å². The van der Waals surface area contributed by atoms with Gasteiger partial charge < -0.3 is 15.2 Å². The fraction of sp³-hybridized carbons (Fsp3) is 0.235. The Balaban J connectivity index is 1.90. The van der Waals surface area contributed by atoms with Gasteiger partial charge in [-0.3, -0.25) is 0 Å². The molecule has 21 heavy (non-hydrogen) atoms. The average Bonchev–Trinajstić information content (AvgIpc) is 2.52. The molecule has 4 heteroatoms. The summed E-state index contributed by atoms with van der Waals surface area (Å²) in [5.41, 5.74) is 2.55. The van der Waals surface area contributed by atoms with E-state index in [-0.39, 0.29) is 11.7 Å². The molecule has 0 radical (unpaired) electrons. The lowest BCUT2D eigenvalue weighted by Crippen LogP contribution is -2.06. The summed E-state index contributed by atoms with van der Waals surface area (Å²) in [5.74, 6) is -0.0318. The van der Waals surface area contributed by atoms with E-state index >= 15 is 0 Å². The first kappa shape index (κ1) is 14.9. The first-order valence-corrected chi connectivity index (χ1v) is 6.98. The average molecular weight is 285 g/mol. The van der Waals surface area contributed by atoms with Crippen molar-refractivity contribution >= 4 is 11.7 Å². The zero-order valence-corrected chi connectivity index (χ0v) is 12.0. The van der Waals surface area contributed by atoms with Gasteiger partial charge in [-0.25, -0.2) is 4.79 Å². The van der Waals surface area contributed by atoms with Gasteiger partial charge in [-0.15, -0.1) is 0 Å². The van der Waals surface area contributed by atoms with E-state index in [9.17, 15) is 9.90 Å². The topological polar surface area (TPSA) is 58.6 Å². The van der Waals surface area contributed by atoms with E-state index < -0.39 is 0 Å². The van der Waals surface area contributed by atoms with Crippen LogP contribution in [-0.2, 0) is 11.3 Å². The van der Waals surface area contributed by atoms with Crippen molar-refractivity contribution < 1.29 is 14.6 Å². The number of phenolic OH excluding ortho intramolecular Hbond substituents is 1. The lowest BCUT2D eigenvalue weighted by Gasteiger charge is -2.08. The molecule has 2 rings (SSSR count). The Bertz CT molecular complexity index is 576. The van der Waals surface area contributed by atoms with Gasteiger partial charge in [0, 0.05) is 12.2 Å². The normalized spacial score (nSPS) is 10.1. The van der Waals surface area contributed by atoms with Crippen molar-refractivity contribution in [2.75, 3.05) is 11.9 Å². The van der Waals surface area contributed by atoms with Crippen LogP contribution in [0.4, 0.5) is 5.69 Å². The van der Waals surface area contributed by atoms with E-state index in [0.29, 0.717) is 18.7 Å². The second-order valence-electron chi connectivity index (χ2n) is 4.73. The van der Waals surface area contributed by atoms with Crippen LogP contribution in [0.15, 0.2) is 48.5 Å². The van der Waals surface area contributed by atoms with Gasteiger partial charge in [-0.2, -0.15) is 0 Å². The van der Waals surface area contributed by atoms with E-state index in [1.165, 1.54) is 0 Å². The molecule has 0 fully saturated rings. The van der Waals surface area contributed by atoms with Crippen molar-refractivity contribution in [3.63, 3.8) is 0 Å². The Kier molecular flexibility index (Phi) is 5.21.